The van der Waals surface area contributed by atoms with Crippen LogP contribution in [0.5, 0.6) is 5.75 Å². The summed E-state index contributed by atoms with van der Waals surface area (Å²) in [5.41, 5.74) is 0. The summed E-state index contributed by atoms with van der Waals surface area (Å²) in [4.78, 5) is 18.2. The Labute approximate surface area is 143 Å². The zero-order chi connectivity index (χ0) is 17.7. The van der Waals surface area contributed by atoms with Crippen molar-refractivity contribution in [2.24, 2.45) is 0 Å². The third kappa shape index (κ3) is 13.7. The van der Waals surface area contributed by atoms with Crippen LogP contribution in [-0.4, -0.2) is 54.6 Å². The number of rotatable bonds is 8. The summed E-state index contributed by atoms with van der Waals surface area (Å²) < 4.78 is 12.0. The fourth-order valence-electron chi connectivity index (χ4n) is 1.27. The van der Waals surface area contributed by atoms with Gasteiger partial charge in [-0.25, -0.2) is 9.59 Å². The standard InChI is InChI=1S/C13H20BrNO2.C2H2O4/c1-11(2)15-7-8-16-9-10-17-13-5-3-12(14)4-6-13;3-1(4)2(5)6/h3-6,11,15H,7-10H2,1-2H3;(H,3,4)(H,5,6). The van der Waals surface area contributed by atoms with Gasteiger partial charge in [0, 0.05) is 17.1 Å². The molecule has 0 saturated carbocycles. The highest BCUT2D eigenvalue weighted by molar-refractivity contribution is 9.10. The molecule has 1 aromatic rings. The topological polar surface area (TPSA) is 105 Å². The van der Waals surface area contributed by atoms with Crippen molar-refractivity contribution in [3.63, 3.8) is 0 Å². The molecule has 0 heterocycles. The molecule has 0 aliphatic carbocycles. The molecule has 0 saturated heterocycles. The Kier molecular flexibility index (Phi) is 11.9. The molecule has 0 fully saturated rings. The highest BCUT2D eigenvalue weighted by Crippen LogP contribution is 2.15. The minimum absolute atomic E-state index is 0.512. The van der Waals surface area contributed by atoms with Gasteiger partial charge >= 0.3 is 11.9 Å². The van der Waals surface area contributed by atoms with Crippen molar-refractivity contribution < 1.29 is 29.3 Å². The van der Waals surface area contributed by atoms with Crippen molar-refractivity contribution in [1.82, 2.24) is 5.32 Å². The molecule has 0 aromatic heterocycles. The maximum absolute atomic E-state index is 9.10. The van der Waals surface area contributed by atoms with E-state index in [1.54, 1.807) is 0 Å². The number of carboxylic acid groups (broad SMARTS) is 2. The number of ether oxygens (including phenoxy) is 2. The van der Waals surface area contributed by atoms with Crippen LogP contribution in [0, 0.1) is 0 Å². The van der Waals surface area contributed by atoms with Crippen molar-refractivity contribution in [3.05, 3.63) is 28.7 Å². The molecule has 0 aliphatic heterocycles. The predicted molar refractivity (Wildman–Crippen MR) is 88.9 cm³/mol. The third-order valence-electron chi connectivity index (χ3n) is 2.29. The molecule has 0 bridgehead atoms. The van der Waals surface area contributed by atoms with Crippen LogP contribution in [0.3, 0.4) is 0 Å². The maximum atomic E-state index is 9.10. The normalized spacial score (nSPS) is 9.91. The first kappa shape index (κ1) is 21.4. The van der Waals surface area contributed by atoms with E-state index >= 15 is 0 Å². The zero-order valence-electron chi connectivity index (χ0n) is 13.1. The van der Waals surface area contributed by atoms with Crippen LogP contribution in [0.25, 0.3) is 0 Å². The maximum Gasteiger partial charge on any atom is 0.414 e. The van der Waals surface area contributed by atoms with Crippen LogP contribution in [-0.2, 0) is 14.3 Å². The number of carbonyl (C=O) groups is 2. The van der Waals surface area contributed by atoms with E-state index in [-0.39, 0.29) is 0 Å². The van der Waals surface area contributed by atoms with Crippen LogP contribution in [0.1, 0.15) is 13.8 Å². The average Bonchev–Trinajstić information content (AvgIpc) is 2.48. The Hall–Kier alpha value is -1.64. The van der Waals surface area contributed by atoms with E-state index in [2.05, 4.69) is 35.1 Å². The number of aliphatic carboxylic acids is 2. The summed E-state index contributed by atoms with van der Waals surface area (Å²) >= 11 is 3.38. The Morgan fingerprint density at radius 1 is 1.09 bits per heavy atom. The first-order valence-corrected chi connectivity index (χ1v) is 7.78. The summed E-state index contributed by atoms with van der Waals surface area (Å²) in [5.74, 6) is -2.78. The van der Waals surface area contributed by atoms with Crippen LogP contribution in [0.15, 0.2) is 28.7 Å². The van der Waals surface area contributed by atoms with Gasteiger partial charge in [-0.1, -0.05) is 29.8 Å². The summed E-state index contributed by atoms with van der Waals surface area (Å²) in [5, 5.41) is 18.1. The van der Waals surface area contributed by atoms with Gasteiger partial charge in [-0.05, 0) is 24.3 Å². The Balaban J connectivity index is 0.000000688. The first-order chi connectivity index (χ1) is 10.8. The molecule has 7 nitrogen and oxygen atoms in total. The zero-order valence-corrected chi connectivity index (χ0v) is 14.7. The van der Waals surface area contributed by atoms with Crippen LogP contribution < -0.4 is 10.1 Å². The van der Waals surface area contributed by atoms with Crippen molar-refractivity contribution in [2.45, 2.75) is 19.9 Å². The quantitative estimate of drug-likeness (QED) is 0.459. The molecular weight excluding hydrogens is 370 g/mol. The Bertz CT molecular complexity index is 452. The second-order valence-corrected chi connectivity index (χ2v) is 5.55. The Morgan fingerprint density at radius 3 is 2.13 bits per heavy atom. The summed E-state index contributed by atoms with van der Waals surface area (Å²) in [6, 6.07) is 8.30. The number of hydrogen-bond acceptors (Lipinski definition) is 5. The summed E-state index contributed by atoms with van der Waals surface area (Å²) in [7, 11) is 0. The van der Waals surface area contributed by atoms with Gasteiger partial charge in [0.15, 0.2) is 0 Å². The first-order valence-electron chi connectivity index (χ1n) is 6.98. The predicted octanol–water partition coefficient (Wildman–Crippen LogP) is 2.00. The summed E-state index contributed by atoms with van der Waals surface area (Å²) in [6.45, 7) is 7.06. The lowest BCUT2D eigenvalue weighted by atomic mass is 10.3. The van der Waals surface area contributed by atoms with E-state index in [1.807, 2.05) is 24.3 Å². The van der Waals surface area contributed by atoms with E-state index in [4.69, 9.17) is 29.3 Å². The minimum atomic E-state index is -1.82. The van der Waals surface area contributed by atoms with Gasteiger partial charge < -0.3 is 25.0 Å². The molecule has 0 spiro atoms. The van der Waals surface area contributed by atoms with E-state index in [9.17, 15) is 0 Å². The molecule has 0 aliphatic rings. The monoisotopic (exact) mass is 391 g/mol. The molecular formula is C15H22BrNO6. The second-order valence-electron chi connectivity index (χ2n) is 4.63. The molecule has 0 amide bonds. The van der Waals surface area contributed by atoms with Gasteiger partial charge in [-0.2, -0.15) is 0 Å². The van der Waals surface area contributed by atoms with E-state index in [0.29, 0.717) is 19.3 Å². The molecule has 1 rings (SSSR count). The largest absolute Gasteiger partial charge is 0.491 e. The fourth-order valence-corrected chi connectivity index (χ4v) is 1.54. The molecule has 0 radical (unpaired) electrons. The number of hydrogen-bond donors (Lipinski definition) is 3. The fraction of sp³-hybridized carbons (Fsp3) is 0.467. The molecule has 0 atom stereocenters. The lowest BCUT2D eigenvalue weighted by Gasteiger charge is -2.09. The van der Waals surface area contributed by atoms with E-state index in [1.165, 1.54) is 0 Å². The van der Waals surface area contributed by atoms with Crippen molar-refractivity contribution in [3.8, 4) is 5.75 Å². The van der Waals surface area contributed by atoms with Gasteiger partial charge in [0.25, 0.3) is 0 Å². The highest BCUT2D eigenvalue weighted by Gasteiger charge is 2.04. The minimum Gasteiger partial charge on any atom is -0.491 e. The van der Waals surface area contributed by atoms with Crippen LogP contribution in [0.4, 0.5) is 0 Å². The van der Waals surface area contributed by atoms with Gasteiger partial charge in [-0.3, -0.25) is 0 Å². The van der Waals surface area contributed by atoms with Crippen molar-refractivity contribution >= 4 is 27.9 Å². The van der Waals surface area contributed by atoms with Gasteiger partial charge in [-0.15, -0.1) is 0 Å². The highest BCUT2D eigenvalue weighted by atomic mass is 79.9. The van der Waals surface area contributed by atoms with Gasteiger partial charge in [0.1, 0.15) is 12.4 Å². The molecule has 0 unspecified atom stereocenters. The van der Waals surface area contributed by atoms with Crippen molar-refractivity contribution in [1.29, 1.82) is 0 Å². The van der Waals surface area contributed by atoms with Gasteiger partial charge in [0.2, 0.25) is 0 Å². The molecule has 130 valence electrons. The molecule has 8 heteroatoms. The number of nitrogens with one attached hydrogen (secondary N) is 1. The van der Waals surface area contributed by atoms with Gasteiger partial charge in [0.05, 0.1) is 13.2 Å². The van der Waals surface area contributed by atoms with Crippen LogP contribution in [0.2, 0.25) is 0 Å². The molecule has 3 N–H and O–H groups in total. The SMILES string of the molecule is CC(C)NCCOCCOc1ccc(Br)cc1.O=C(O)C(=O)O. The smallest absolute Gasteiger partial charge is 0.414 e. The van der Waals surface area contributed by atoms with Crippen LogP contribution >= 0.6 is 15.9 Å². The number of benzene rings is 1. The summed E-state index contributed by atoms with van der Waals surface area (Å²) in [6.07, 6.45) is 0. The Morgan fingerprint density at radius 2 is 1.65 bits per heavy atom. The third-order valence-corrected chi connectivity index (χ3v) is 2.82. The lowest BCUT2D eigenvalue weighted by Crippen LogP contribution is -2.27. The number of halogens is 1. The van der Waals surface area contributed by atoms with Crippen molar-refractivity contribution in [2.75, 3.05) is 26.4 Å². The lowest BCUT2D eigenvalue weighted by molar-refractivity contribution is -0.159. The number of carboxylic acids is 2. The average molecular weight is 392 g/mol. The second kappa shape index (κ2) is 12.9. The van der Waals surface area contributed by atoms with E-state index < -0.39 is 11.9 Å². The van der Waals surface area contributed by atoms with E-state index in [0.717, 1.165) is 23.4 Å². The molecule has 23 heavy (non-hydrogen) atoms. The molecule has 1 aromatic carbocycles.